The average Bonchev–Trinajstić information content (AvgIpc) is 2.87. The van der Waals surface area contributed by atoms with Crippen LogP contribution in [0.3, 0.4) is 0 Å². The maximum absolute atomic E-state index is 13.8. The zero-order valence-corrected chi connectivity index (χ0v) is 11.5. The Morgan fingerprint density at radius 3 is 2.67 bits per heavy atom. The lowest BCUT2D eigenvalue weighted by molar-refractivity contribution is -0.142. The van der Waals surface area contributed by atoms with E-state index in [1.165, 1.54) is 13.0 Å². The Morgan fingerprint density at radius 2 is 2.00 bits per heavy atom. The summed E-state index contributed by atoms with van der Waals surface area (Å²) in [5.41, 5.74) is -0.326. The van der Waals surface area contributed by atoms with E-state index < -0.39 is 41.3 Å². The zero-order chi connectivity index (χ0) is 15.6. The molecule has 0 spiro atoms. The SMILES string of the molecule is Cc1ccc(F)c(NC(=O)NC2CCCC2C(=O)O)c1F. The largest absolute Gasteiger partial charge is 0.481 e. The van der Waals surface area contributed by atoms with E-state index in [4.69, 9.17) is 5.11 Å². The number of benzene rings is 1. The van der Waals surface area contributed by atoms with Crippen molar-refractivity contribution >= 4 is 17.7 Å². The zero-order valence-electron chi connectivity index (χ0n) is 11.5. The van der Waals surface area contributed by atoms with Gasteiger partial charge in [0.15, 0.2) is 5.82 Å². The third-order valence-corrected chi connectivity index (χ3v) is 3.67. The molecule has 114 valence electrons. The number of urea groups is 1. The van der Waals surface area contributed by atoms with Gasteiger partial charge < -0.3 is 15.7 Å². The predicted octanol–water partition coefficient (Wildman–Crippen LogP) is 2.65. The monoisotopic (exact) mass is 298 g/mol. The molecule has 1 aromatic rings. The molecular weight excluding hydrogens is 282 g/mol. The third kappa shape index (κ3) is 3.29. The van der Waals surface area contributed by atoms with E-state index in [1.54, 1.807) is 0 Å². The number of nitrogens with one attached hydrogen (secondary N) is 2. The molecule has 1 saturated carbocycles. The molecule has 5 nitrogen and oxygen atoms in total. The van der Waals surface area contributed by atoms with Crippen LogP contribution in [-0.2, 0) is 4.79 Å². The highest BCUT2D eigenvalue weighted by atomic mass is 19.1. The van der Waals surface area contributed by atoms with Gasteiger partial charge in [0.05, 0.1) is 5.92 Å². The summed E-state index contributed by atoms with van der Waals surface area (Å²) >= 11 is 0. The van der Waals surface area contributed by atoms with Gasteiger partial charge in [0, 0.05) is 6.04 Å². The Morgan fingerprint density at radius 1 is 1.29 bits per heavy atom. The second kappa shape index (κ2) is 6.07. The fraction of sp³-hybridized carbons (Fsp3) is 0.429. The van der Waals surface area contributed by atoms with Gasteiger partial charge in [-0.05, 0) is 31.4 Å². The first kappa shape index (κ1) is 15.2. The van der Waals surface area contributed by atoms with Crippen molar-refractivity contribution in [2.75, 3.05) is 5.32 Å². The first-order valence-electron chi connectivity index (χ1n) is 6.65. The molecule has 0 radical (unpaired) electrons. The lowest BCUT2D eigenvalue weighted by atomic mass is 10.0. The topological polar surface area (TPSA) is 78.4 Å². The normalized spacial score (nSPS) is 21.1. The van der Waals surface area contributed by atoms with Crippen molar-refractivity contribution in [3.8, 4) is 0 Å². The lowest BCUT2D eigenvalue weighted by Gasteiger charge is -2.18. The van der Waals surface area contributed by atoms with Gasteiger partial charge in [-0.3, -0.25) is 4.79 Å². The molecule has 1 aromatic carbocycles. The number of carbonyl (C=O) groups is 2. The first-order chi connectivity index (χ1) is 9.90. The van der Waals surface area contributed by atoms with Crippen molar-refractivity contribution < 1.29 is 23.5 Å². The Balaban J connectivity index is 2.06. The summed E-state index contributed by atoms with van der Waals surface area (Å²) < 4.78 is 27.3. The minimum absolute atomic E-state index is 0.205. The van der Waals surface area contributed by atoms with Crippen LogP contribution in [0.4, 0.5) is 19.3 Å². The Hall–Kier alpha value is -2.18. The number of carboxylic acid groups (broad SMARTS) is 1. The second-order valence-electron chi connectivity index (χ2n) is 5.13. The van der Waals surface area contributed by atoms with Crippen LogP contribution in [0.15, 0.2) is 12.1 Å². The van der Waals surface area contributed by atoms with Gasteiger partial charge in [0.25, 0.3) is 0 Å². The van der Waals surface area contributed by atoms with Crippen LogP contribution in [0, 0.1) is 24.5 Å². The highest BCUT2D eigenvalue weighted by Crippen LogP contribution is 2.26. The number of aryl methyl sites for hydroxylation is 1. The van der Waals surface area contributed by atoms with Gasteiger partial charge in [-0.15, -0.1) is 0 Å². The summed E-state index contributed by atoms with van der Waals surface area (Å²) in [7, 11) is 0. The fourth-order valence-corrected chi connectivity index (χ4v) is 2.52. The van der Waals surface area contributed by atoms with Crippen molar-refractivity contribution in [2.45, 2.75) is 32.2 Å². The summed E-state index contributed by atoms with van der Waals surface area (Å²) in [5.74, 6) is -3.37. The number of aliphatic carboxylic acids is 1. The molecule has 0 aliphatic heterocycles. The molecule has 21 heavy (non-hydrogen) atoms. The number of carbonyl (C=O) groups excluding carboxylic acids is 1. The minimum atomic E-state index is -0.981. The molecule has 0 heterocycles. The van der Waals surface area contributed by atoms with E-state index in [-0.39, 0.29) is 5.56 Å². The van der Waals surface area contributed by atoms with Gasteiger partial charge in [-0.25, -0.2) is 13.6 Å². The Bertz CT molecular complexity index is 578. The maximum atomic E-state index is 13.8. The summed E-state index contributed by atoms with van der Waals surface area (Å²) in [6.07, 6.45) is 1.70. The number of hydrogen-bond acceptors (Lipinski definition) is 2. The van der Waals surface area contributed by atoms with Gasteiger partial charge in [0.2, 0.25) is 0 Å². The molecule has 2 rings (SSSR count). The van der Waals surface area contributed by atoms with Gasteiger partial charge in [-0.1, -0.05) is 12.5 Å². The van der Waals surface area contributed by atoms with Crippen molar-refractivity contribution in [1.29, 1.82) is 0 Å². The number of anilines is 1. The number of amides is 2. The molecule has 1 aliphatic rings. The molecule has 0 aromatic heterocycles. The van der Waals surface area contributed by atoms with Crippen LogP contribution in [-0.4, -0.2) is 23.1 Å². The average molecular weight is 298 g/mol. The second-order valence-corrected chi connectivity index (χ2v) is 5.13. The molecule has 3 N–H and O–H groups in total. The summed E-state index contributed by atoms with van der Waals surface area (Å²) in [5, 5.41) is 13.6. The van der Waals surface area contributed by atoms with E-state index in [0.29, 0.717) is 19.3 Å². The van der Waals surface area contributed by atoms with Gasteiger partial charge in [-0.2, -0.15) is 0 Å². The quantitative estimate of drug-likeness (QED) is 0.802. The standard InChI is InChI=1S/C14H16F2N2O3/c1-7-5-6-9(15)12(11(7)16)18-14(21)17-10-4-2-3-8(10)13(19)20/h5-6,8,10H,2-4H2,1H3,(H,19,20)(H2,17,18,21). The molecule has 7 heteroatoms. The fourth-order valence-electron chi connectivity index (χ4n) is 2.52. The van der Waals surface area contributed by atoms with Gasteiger partial charge in [0.1, 0.15) is 11.5 Å². The first-order valence-corrected chi connectivity index (χ1v) is 6.65. The summed E-state index contributed by atoms with van der Waals surface area (Å²) in [6, 6.07) is 0.990. The highest BCUT2D eigenvalue weighted by Gasteiger charge is 2.34. The Kier molecular flexibility index (Phi) is 4.40. The molecule has 0 saturated heterocycles. The van der Waals surface area contributed by atoms with Crippen LogP contribution in [0.1, 0.15) is 24.8 Å². The lowest BCUT2D eigenvalue weighted by Crippen LogP contribution is -2.42. The summed E-state index contributed by atoms with van der Waals surface area (Å²) in [6.45, 7) is 1.45. The number of halogens is 2. The van der Waals surface area contributed by atoms with E-state index >= 15 is 0 Å². The highest BCUT2D eigenvalue weighted by molar-refractivity contribution is 5.90. The Labute approximate surface area is 120 Å². The molecule has 2 unspecified atom stereocenters. The van der Waals surface area contributed by atoms with Crippen molar-refractivity contribution in [3.05, 3.63) is 29.3 Å². The molecule has 1 aliphatic carbocycles. The van der Waals surface area contributed by atoms with Crippen LogP contribution >= 0.6 is 0 Å². The minimum Gasteiger partial charge on any atom is -0.481 e. The number of rotatable bonds is 3. The van der Waals surface area contributed by atoms with Crippen molar-refractivity contribution in [2.24, 2.45) is 5.92 Å². The van der Waals surface area contributed by atoms with E-state index in [0.717, 1.165) is 6.07 Å². The van der Waals surface area contributed by atoms with Gasteiger partial charge >= 0.3 is 12.0 Å². The van der Waals surface area contributed by atoms with Crippen LogP contribution in [0.2, 0.25) is 0 Å². The summed E-state index contributed by atoms with van der Waals surface area (Å²) in [4.78, 5) is 22.8. The van der Waals surface area contributed by atoms with Crippen LogP contribution < -0.4 is 10.6 Å². The van der Waals surface area contributed by atoms with Crippen molar-refractivity contribution in [1.82, 2.24) is 5.32 Å². The van der Waals surface area contributed by atoms with E-state index in [2.05, 4.69) is 10.6 Å². The molecule has 2 amide bonds. The predicted molar refractivity (Wildman–Crippen MR) is 72.0 cm³/mol. The van der Waals surface area contributed by atoms with Crippen LogP contribution in [0.25, 0.3) is 0 Å². The number of carboxylic acids is 1. The van der Waals surface area contributed by atoms with E-state index in [1.807, 2.05) is 0 Å². The molecular formula is C14H16F2N2O3. The maximum Gasteiger partial charge on any atom is 0.319 e. The third-order valence-electron chi connectivity index (χ3n) is 3.67. The van der Waals surface area contributed by atoms with Crippen molar-refractivity contribution in [3.63, 3.8) is 0 Å². The molecule has 1 fully saturated rings. The van der Waals surface area contributed by atoms with E-state index in [9.17, 15) is 18.4 Å². The van der Waals surface area contributed by atoms with Crippen LogP contribution in [0.5, 0.6) is 0 Å². The molecule has 0 bridgehead atoms. The number of hydrogen-bond donors (Lipinski definition) is 3. The molecule has 2 atom stereocenters. The smallest absolute Gasteiger partial charge is 0.319 e.